The van der Waals surface area contributed by atoms with Gasteiger partial charge in [-0.3, -0.25) is 4.79 Å². The van der Waals surface area contributed by atoms with Crippen LogP contribution in [0.1, 0.15) is 12.5 Å². The zero-order chi connectivity index (χ0) is 23.0. The molecule has 2 aromatic carbocycles. The minimum Gasteiger partial charge on any atom is -0.484 e. The standard InChI is InChI=1S/C17H12F8N2O3/c1-16(29,5-30-14-12(21)10(19)9(18)11(20)13(14)22)15(28)27-6-2-3-8(26)7(4-6)17(23,24)25/h2-4,29H,5,26H2,1H3,(H,27,28)/t16-/m0/s1. The van der Waals surface area contributed by atoms with Crippen LogP contribution in [-0.2, 0) is 11.0 Å². The maximum absolute atomic E-state index is 13.6. The van der Waals surface area contributed by atoms with Crippen molar-refractivity contribution in [2.75, 3.05) is 17.7 Å². The van der Waals surface area contributed by atoms with Crippen LogP contribution < -0.4 is 15.8 Å². The zero-order valence-electron chi connectivity index (χ0n) is 14.8. The molecule has 2 aromatic rings. The van der Waals surface area contributed by atoms with E-state index in [0.29, 0.717) is 6.07 Å². The Morgan fingerprint density at radius 3 is 2.03 bits per heavy atom. The highest BCUT2D eigenvalue weighted by atomic mass is 19.4. The van der Waals surface area contributed by atoms with Gasteiger partial charge in [-0.05, 0) is 25.1 Å². The van der Waals surface area contributed by atoms with Gasteiger partial charge in [0.2, 0.25) is 29.1 Å². The molecule has 0 spiro atoms. The van der Waals surface area contributed by atoms with Gasteiger partial charge in [0.05, 0.1) is 5.56 Å². The van der Waals surface area contributed by atoms with Gasteiger partial charge in [0, 0.05) is 11.4 Å². The summed E-state index contributed by atoms with van der Waals surface area (Å²) in [7, 11) is 0. The number of ether oxygens (including phenoxy) is 1. The second kappa shape index (κ2) is 7.97. The normalized spacial score (nSPS) is 13.7. The van der Waals surface area contributed by atoms with E-state index in [0.717, 1.165) is 19.1 Å². The van der Waals surface area contributed by atoms with Crippen LogP contribution in [-0.4, -0.2) is 23.2 Å². The van der Waals surface area contributed by atoms with Crippen LogP contribution in [0.15, 0.2) is 18.2 Å². The first-order valence-electron chi connectivity index (χ1n) is 7.81. The molecule has 0 aliphatic heterocycles. The SMILES string of the molecule is C[C@](O)(COc1c(F)c(F)c(F)c(F)c1F)C(=O)Nc1ccc(N)c(C(F)(F)F)c1. The van der Waals surface area contributed by atoms with Crippen molar-refractivity contribution < 1.29 is 49.8 Å². The number of alkyl halides is 3. The molecule has 13 heteroatoms. The molecule has 0 aliphatic carbocycles. The minimum absolute atomic E-state index is 0.446. The summed E-state index contributed by atoms with van der Waals surface area (Å²) in [4.78, 5) is 12.1. The average molecular weight is 444 g/mol. The lowest BCUT2D eigenvalue weighted by Crippen LogP contribution is -2.45. The topological polar surface area (TPSA) is 84.6 Å². The van der Waals surface area contributed by atoms with Gasteiger partial charge in [-0.15, -0.1) is 0 Å². The van der Waals surface area contributed by atoms with Gasteiger partial charge in [0.1, 0.15) is 6.61 Å². The molecule has 0 bridgehead atoms. The Balaban J connectivity index is 2.21. The minimum atomic E-state index is -4.85. The number of nitrogen functional groups attached to an aromatic ring is 1. The number of rotatable bonds is 5. The molecular formula is C17H12F8N2O3. The molecule has 1 amide bonds. The summed E-state index contributed by atoms with van der Waals surface area (Å²) in [5.74, 6) is -14.9. The molecule has 1 atom stereocenters. The molecule has 0 aromatic heterocycles. The number of hydrogen-bond acceptors (Lipinski definition) is 4. The number of carbonyl (C=O) groups is 1. The molecule has 0 radical (unpaired) electrons. The Kier molecular flexibility index (Phi) is 6.16. The third-order valence-corrected chi connectivity index (χ3v) is 3.77. The first-order valence-corrected chi connectivity index (χ1v) is 7.81. The lowest BCUT2D eigenvalue weighted by atomic mass is 10.1. The number of aliphatic hydroxyl groups is 1. The Morgan fingerprint density at radius 2 is 1.53 bits per heavy atom. The zero-order valence-corrected chi connectivity index (χ0v) is 14.8. The van der Waals surface area contributed by atoms with Gasteiger partial charge in [-0.2, -0.15) is 22.0 Å². The summed E-state index contributed by atoms with van der Waals surface area (Å²) in [5.41, 5.74) is 0.190. The van der Waals surface area contributed by atoms with Crippen molar-refractivity contribution in [2.24, 2.45) is 0 Å². The molecule has 0 aliphatic rings. The number of anilines is 2. The fourth-order valence-corrected chi connectivity index (χ4v) is 2.14. The smallest absolute Gasteiger partial charge is 0.418 e. The predicted molar refractivity (Wildman–Crippen MR) is 86.8 cm³/mol. The summed E-state index contributed by atoms with van der Waals surface area (Å²) >= 11 is 0. The molecule has 5 nitrogen and oxygen atoms in total. The van der Waals surface area contributed by atoms with E-state index in [4.69, 9.17) is 5.73 Å². The number of nitrogens with one attached hydrogen (secondary N) is 1. The van der Waals surface area contributed by atoms with E-state index in [1.165, 1.54) is 0 Å². The van der Waals surface area contributed by atoms with E-state index in [1.807, 2.05) is 5.32 Å². The van der Waals surface area contributed by atoms with Crippen LogP contribution in [0.4, 0.5) is 46.5 Å². The quantitative estimate of drug-likeness (QED) is 0.284. The molecular weight excluding hydrogens is 432 g/mol. The number of halogens is 8. The van der Waals surface area contributed by atoms with Gasteiger partial charge in [-0.25, -0.2) is 13.2 Å². The second-order valence-electron chi connectivity index (χ2n) is 6.22. The van der Waals surface area contributed by atoms with Crippen LogP contribution in [0.25, 0.3) is 0 Å². The fraction of sp³-hybridized carbons (Fsp3) is 0.235. The van der Waals surface area contributed by atoms with Crippen LogP contribution >= 0.6 is 0 Å². The molecule has 0 saturated heterocycles. The van der Waals surface area contributed by atoms with E-state index in [1.54, 1.807) is 0 Å². The Bertz CT molecular complexity index is 963. The van der Waals surface area contributed by atoms with Gasteiger partial charge < -0.3 is 20.9 Å². The monoisotopic (exact) mass is 444 g/mol. The highest BCUT2D eigenvalue weighted by Crippen LogP contribution is 2.35. The van der Waals surface area contributed by atoms with Crippen molar-refractivity contribution in [1.82, 2.24) is 0 Å². The number of amides is 1. The van der Waals surface area contributed by atoms with Crippen LogP contribution in [0, 0.1) is 29.1 Å². The van der Waals surface area contributed by atoms with Crippen molar-refractivity contribution in [3.8, 4) is 5.75 Å². The summed E-state index contributed by atoms with van der Waals surface area (Å²) in [5, 5.41) is 12.0. The van der Waals surface area contributed by atoms with Crippen molar-refractivity contribution in [2.45, 2.75) is 18.7 Å². The first-order chi connectivity index (χ1) is 13.7. The van der Waals surface area contributed by atoms with Crippen molar-refractivity contribution >= 4 is 17.3 Å². The number of hydrogen-bond donors (Lipinski definition) is 3. The van der Waals surface area contributed by atoms with Gasteiger partial charge in [0.25, 0.3) is 5.91 Å². The van der Waals surface area contributed by atoms with E-state index < -0.39 is 76.1 Å². The van der Waals surface area contributed by atoms with Gasteiger partial charge in [-0.1, -0.05) is 0 Å². The summed E-state index contributed by atoms with van der Waals surface area (Å²) in [6, 6.07) is 2.27. The van der Waals surface area contributed by atoms with Crippen molar-refractivity contribution in [1.29, 1.82) is 0 Å². The summed E-state index contributed by atoms with van der Waals surface area (Å²) in [6.07, 6.45) is -4.85. The van der Waals surface area contributed by atoms with E-state index in [9.17, 15) is 45.0 Å². The van der Waals surface area contributed by atoms with Gasteiger partial charge in [0.15, 0.2) is 11.4 Å². The fourth-order valence-electron chi connectivity index (χ4n) is 2.14. The molecule has 30 heavy (non-hydrogen) atoms. The Hall–Kier alpha value is -3.09. The van der Waals surface area contributed by atoms with E-state index >= 15 is 0 Å². The third-order valence-electron chi connectivity index (χ3n) is 3.77. The molecule has 0 heterocycles. The van der Waals surface area contributed by atoms with E-state index in [-0.39, 0.29) is 0 Å². The lowest BCUT2D eigenvalue weighted by Gasteiger charge is -2.23. The first kappa shape index (κ1) is 23.2. The Labute approximate surface area is 163 Å². The molecule has 0 saturated carbocycles. The second-order valence-corrected chi connectivity index (χ2v) is 6.22. The predicted octanol–water partition coefficient (Wildman–Crippen LogP) is 3.75. The summed E-state index contributed by atoms with van der Waals surface area (Å²) < 4.78 is 109. The molecule has 0 fully saturated rings. The van der Waals surface area contributed by atoms with Gasteiger partial charge >= 0.3 is 6.18 Å². The molecule has 0 unspecified atom stereocenters. The number of nitrogens with two attached hydrogens (primary N) is 1. The maximum Gasteiger partial charge on any atom is 0.418 e. The lowest BCUT2D eigenvalue weighted by molar-refractivity contribution is -0.137. The average Bonchev–Trinajstić information content (AvgIpc) is 2.65. The highest BCUT2D eigenvalue weighted by molar-refractivity contribution is 5.97. The highest BCUT2D eigenvalue weighted by Gasteiger charge is 2.36. The Morgan fingerprint density at radius 1 is 1.03 bits per heavy atom. The number of carbonyl (C=O) groups excluding carboxylic acids is 1. The largest absolute Gasteiger partial charge is 0.484 e. The third kappa shape index (κ3) is 4.56. The molecule has 164 valence electrons. The number of benzene rings is 2. The van der Waals surface area contributed by atoms with Crippen LogP contribution in [0.2, 0.25) is 0 Å². The summed E-state index contributed by atoms with van der Waals surface area (Å²) in [6.45, 7) is -0.575. The van der Waals surface area contributed by atoms with E-state index in [2.05, 4.69) is 4.74 Å². The molecule has 2 rings (SSSR count). The van der Waals surface area contributed by atoms with Crippen molar-refractivity contribution in [3.05, 3.63) is 52.8 Å². The van der Waals surface area contributed by atoms with Crippen LogP contribution in [0.5, 0.6) is 5.75 Å². The van der Waals surface area contributed by atoms with Crippen LogP contribution in [0.3, 0.4) is 0 Å². The molecule has 4 N–H and O–H groups in total. The maximum atomic E-state index is 13.6. The van der Waals surface area contributed by atoms with Crippen molar-refractivity contribution in [3.63, 3.8) is 0 Å².